The van der Waals surface area contributed by atoms with Crippen molar-refractivity contribution in [2.75, 3.05) is 0 Å². The van der Waals surface area contributed by atoms with Crippen molar-refractivity contribution in [3.8, 4) is 6.07 Å². The lowest BCUT2D eigenvalue weighted by atomic mass is 9.69. The number of aliphatic hydroxyl groups is 1. The molecule has 2 aliphatic heterocycles. The molecule has 22 heavy (non-hydrogen) atoms. The van der Waals surface area contributed by atoms with Gasteiger partial charge in [0, 0.05) is 11.5 Å². The van der Waals surface area contributed by atoms with E-state index in [1.165, 1.54) is 0 Å². The number of carbonyl (C=O) groups is 2. The number of hydrogen-bond acceptors (Lipinski definition) is 5. The first-order chi connectivity index (χ1) is 10.4. The molecule has 1 aromatic carbocycles. The van der Waals surface area contributed by atoms with Crippen LogP contribution >= 0.6 is 0 Å². The summed E-state index contributed by atoms with van der Waals surface area (Å²) in [7, 11) is 0. The van der Waals surface area contributed by atoms with Crippen LogP contribution in [-0.2, 0) is 15.3 Å². The fourth-order valence-corrected chi connectivity index (χ4v) is 3.29. The van der Waals surface area contributed by atoms with Gasteiger partial charge >= 0.3 is 0 Å². The van der Waals surface area contributed by atoms with Gasteiger partial charge in [-0.2, -0.15) is 5.26 Å². The summed E-state index contributed by atoms with van der Waals surface area (Å²) in [4.78, 5) is 24.9. The number of hydrogen-bond donors (Lipinski definition) is 4. The van der Waals surface area contributed by atoms with Gasteiger partial charge in [-0.1, -0.05) is 37.3 Å². The van der Waals surface area contributed by atoms with E-state index in [1.807, 2.05) is 6.07 Å². The van der Waals surface area contributed by atoms with Crippen molar-refractivity contribution >= 4 is 11.8 Å². The molecule has 3 atom stereocenters. The first-order valence-electron chi connectivity index (χ1n) is 6.71. The molecule has 1 aromatic rings. The molecule has 3 rings (SSSR count). The van der Waals surface area contributed by atoms with Crippen LogP contribution in [0.5, 0.6) is 0 Å². The second-order valence-electron chi connectivity index (χ2n) is 5.47. The molecule has 1 spiro atoms. The smallest absolute Gasteiger partial charge is 0.247 e. The molecule has 112 valence electrons. The lowest BCUT2D eigenvalue weighted by molar-refractivity contribution is -0.138. The largest absolute Gasteiger partial charge is 0.384 e. The summed E-state index contributed by atoms with van der Waals surface area (Å²) in [6.07, 6.45) is 0. The summed E-state index contributed by atoms with van der Waals surface area (Å²) in [5.74, 6) is -2.49. The van der Waals surface area contributed by atoms with Crippen LogP contribution in [0.3, 0.4) is 0 Å². The molecule has 0 unspecified atom stereocenters. The highest BCUT2D eigenvalue weighted by atomic mass is 16.3. The Kier molecular flexibility index (Phi) is 2.77. The molecule has 0 radical (unpaired) electrons. The number of amides is 2. The molecule has 2 heterocycles. The minimum absolute atomic E-state index is 0.146. The van der Waals surface area contributed by atoms with Crippen LogP contribution < -0.4 is 16.4 Å². The van der Waals surface area contributed by atoms with E-state index < -0.39 is 28.9 Å². The SMILES string of the molecule is C[C@H]1[C@@]2(C(=O)NC(N)=C2C#N)C(=O)N[C@]1(O)c1ccccc1. The summed E-state index contributed by atoms with van der Waals surface area (Å²) in [5, 5.41) is 25.1. The quantitative estimate of drug-likeness (QED) is 0.515. The van der Waals surface area contributed by atoms with Crippen LogP contribution in [0.1, 0.15) is 12.5 Å². The van der Waals surface area contributed by atoms with Gasteiger partial charge in [-0.25, -0.2) is 0 Å². The van der Waals surface area contributed by atoms with Crippen LogP contribution in [0.15, 0.2) is 41.7 Å². The van der Waals surface area contributed by atoms with E-state index in [1.54, 1.807) is 37.3 Å². The lowest BCUT2D eigenvalue weighted by Crippen LogP contribution is -2.45. The number of benzene rings is 1. The third kappa shape index (κ3) is 1.42. The van der Waals surface area contributed by atoms with E-state index in [2.05, 4.69) is 10.6 Å². The van der Waals surface area contributed by atoms with Gasteiger partial charge in [-0.05, 0) is 0 Å². The van der Waals surface area contributed by atoms with Gasteiger partial charge < -0.3 is 21.5 Å². The molecule has 0 aliphatic carbocycles. The van der Waals surface area contributed by atoms with Crippen molar-refractivity contribution in [3.05, 3.63) is 47.3 Å². The number of rotatable bonds is 1. The predicted molar refractivity (Wildman–Crippen MR) is 75.0 cm³/mol. The highest BCUT2D eigenvalue weighted by molar-refractivity contribution is 6.14. The number of nitrogens with one attached hydrogen (secondary N) is 2. The van der Waals surface area contributed by atoms with Gasteiger partial charge in [-0.15, -0.1) is 0 Å². The Bertz CT molecular complexity index is 752. The predicted octanol–water partition coefficient (Wildman–Crippen LogP) is -0.592. The second-order valence-corrected chi connectivity index (χ2v) is 5.47. The Morgan fingerprint density at radius 3 is 2.50 bits per heavy atom. The molecule has 0 bridgehead atoms. The number of nitrogens with two attached hydrogens (primary N) is 1. The van der Waals surface area contributed by atoms with Crippen LogP contribution in [0.25, 0.3) is 0 Å². The average molecular weight is 298 g/mol. The zero-order chi connectivity index (χ0) is 16.1. The summed E-state index contributed by atoms with van der Waals surface area (Å²) in [6.45, 7) is 1.54. The van der Waals surface area contributed by atoms with E-state index in [4.69, 9.17) is 5.73 Å². The molecule has 0 saturated carbocycles. The zero-order valence-corrected chi connectivity index (χ0v) is 11.8. The van der Waals surface area contributed by atoms with Gasteiger partial charge in [0.25, 0.3) is 0 Å². The maximum Gasteiger partial charge on any atom is 0.247 e. The Morgan fingerprint density at radius 2 is 1.91 bits per heavy atom. The van der Waals surface area contributed by atoms with Gasteiger partial charge in [0.1, 0.15) is 11.9 Å². The Labute approximate surface area is 126 Å². The maximum atomic E-state index is 12.6. The summed E-state index contributed by atoms with van der Waals surface area (Å²) in [5.41, 5.74) is 2.35. The Balaban J connectivity index is 2.20. The van der Waals surface area contributed by atoms with Gasteiger partial charge in [0.2, 0.25) is 11.8 Å². The molecular weight excluding hydrogens is 284 g/mol. The highest BCUT2D eigenvalue weighted by Gasteiger charge is 2.69. The summed E-state index contributed by atoms with van der Waals surface area (Å²) >= 11 is 0. The van der Waals surface area contributed by atoms with E-state index >= 15 is 0 Å². The summed E-state index contributed by atoms with van der Waals surface area (Å²) in [6, 6.07) is 10.3. The van der Waals surface area contributed by atoms with Crippen LogP contribution in [0.2, 0.25) is 0 Å². The topological polar surface area (TPSA) is 128 Å². The third-order valence-corrected chi connectivity index (χ3v) is 4.53. The van der Waals surface area contributed by atoms with Crippen LogP contribution in [0, 0.1) is 22.7 Å². The lowest BCUT2D eigenvalue weighted by Gasteiger charge is -2.31. The molecule has 5 N–H and O–H groups in total. The fourth-order valence-electron chi connectivity index (χ4n) is 3.29. The third-order valence-electron chi connectivity index (χ3n) is 4.53. The molecule has 1 saturated heterocycles. The Hall–Kier alpha value is -2.85. The first-order valence-corrected chi connectivity index (χ1v) is 6.71. The molecule has 1 fully saturated rings. The number of nitriles is 1. The number of carbonyl (C=O) groups excluding carboxylic acids is 2. The van der Waals surface area contributed by atoms with E-state index in [0.29, 0.717) is 5.56 Å². The van der Waals surface area contributed by atoms with Crippen LogP contribution in [0.4, 0.5) is 0 Å². The molecule has 0 aromatic heterocycles. The highest BCUT2D eigenvalue weighted by Crippen LogP contribution is 2.52. The molecule has 7 heteroatoms. The first kappa shape index (κ1) is 14.1. The van der Waals surface area contributed by atoms with E-state index in [9.17, 15) is 20.0 Å². The summed E-state index contributed by atoms with van der Waals surface area (Å²) < 4.78 is 0. The van der Waals surface area contributed by atoms with Crippen molar-refractivity contribution in [1.82, 2.24) is 10.6 Å². The average Bonchev–Trinajstić information content (AvgIpc) is 2.88. The molecule has 7 nitrogen and oxygen atoms in total. The standard InChI is InChI=1S/C15H14N4O3/c1-8-14(10(7-16)11(17)18-12(14)20)13(21)19-15(8,22)9-5-3-2-4-6-9/h2-6,8,22H,17H2,1H3,(H,18,20)(H,19,21)/t8-,14+,15+/m0/s1. The molecule has 2 aliphatic rings. The van der Waals surface area contributed by atoms with E-state index in [-0.39, 0.29) is 11.4 Å². The van der Waals surface area contributed by atoms with Gasteiger partial charge in [0.05, 0.1) is 5.57 Å². The number of nitrogens with zero attached hydrogens (tertiary/aromatic N) is 1. The second kappa shape index (κ2) is 4.32. The van der Waals surface area contributed by atoms with Gasteiger partial charge in [0.15, 0.2) is 11.1 Å². The minimum Gasteiger partial charge on any atom is -0.384 e. The van der Waals surface area contributed by atoms with Crippen molar-refractivity contribution in [3.63, 3.8) is 0 Å². The van der Waals surface area contributed by atoms with Crippen molar-refractivity contribution in [1.29, 1.82) is 5.26 Å². The monoisotopic (exact) mass is 298 g/mol. The normalized spacial score (nSPS) is 33.8. The van der Waals surface area contributed by atoms with Crippen molar-refractivity contribution in [2.24, 2.45) is 17.1 Å². The van der Waals surface area contributed by atoms with Crippen LogP contribution in [-0.4, -0.2) is 16.9 Å². The van der Waals surface area contributed by atoms with Crippen molar-refractivity contribution < 1.29 is 14.7 Å². The van der Waals surface area contributed by atoms with Gasteiger partial charge in [-0.3, -0.25) is 9.59 Å². The minimum atomic E-state index is -1.82. The molecule has 2 amide bonds. The fraction of sp³-hybridized carbons (Fsp3) is 0.267. The maximum absolute atomic E-state index is 12.6. The Morgan fingerprint density at radius 1 is 1.27 bits per heavy atom. The van der Waals surface area contributed by atoms with Crippen molar-refractivity contribution in [2.45, 2.75) is 12.6 Å². The molecular formula is C15H14N4O3. The zero-order valence-electron chi connectivity index (χ0n) is 11.8. The van der Waals surface area contributed by atoms with E-state index in [0.717, 1.165) is 0 Å².